The fourth-order valence-electron chi connectivity index (χ4n) is 2.71. The molecule has 1 unspecified atom stereocenters. The maximum absolute atomic E-state index is 12.8. The molecule has 0 aliphatic carbocycles. The number of esters is 1. The number of nitrogens with one attached hydrogen (secondary N) is 1. The number of carbonyl (C=O) groups excluding carboxylic acids is 2. The first kappa shape index (κ1) is 20.5. The lowest BCUT2D eigenvalue weighted by Gasteiger charge is -2.17. The van der Waals surface area contributed by atoms with E-state index >= 15 is 0 Å². The summed E-state index contributed by atoms with van der Waals surface area (Å²) < 4.78 is 43.3. The molecule has 0 saturated heterocycles. The van der Waals surface area contributed by atoms with Gasteiger partial charge in [-0.1, -0.05) is 23.8 Å². The summed E-state index contributed by atoms with van der Waals surface area (Å²) in [5.74, 6) is -1.56. The molecular formula is C20H20F3NO3. The third-order valence-electron chi connectivity index (χ3n) is 4.00. The van der Waals surface area contributed by atoms with Crippen LogP contribution in [0, 0.1) is 20.8 Å². The van der Waals surface area contributed by atoms with Crippen molar-refractivity contribution in [2.45, 2.75) is 40.0 Å². The van der Waals surface area contributed by atoms with Crippen molar-refractivity contribution in [3.63, 3.8) is 0 Å². The molecule has 0 spiro atoms. The Balaban J connectivity index is 2.10. The molecule has 0 fully saturated rings. The highest BCUT2D eigenvalue weighted by atomic mass is 19.4. The van der Waals surface area contributed by atoms with E-state index in [-0.39, 0.29) is 5.56 Å². The van der Waals surface area contributed by atoms with E-state index in [1.807, 2.05) is 32.9 Å². The number of benzene rings is 2. The van der Waals surface area contributed by atoms with E-state index < -0.39 is 29.7 Å². The first-order valence-electron chi connectivity index (χ1n) is 8.26. The predicted octanol–water partition coefficient (Wildman–Crippen LogP) is 4.81. The topological polar surface area (TPSA) is 55.4 Å². The van der Waals surface area contributed by atoms with Crippen LogP contribution in [0.2, 0.25) is 0 Å². The van der Waals surface area contributed by atoms with Gasteiger partial charge >= 0.3 is 12.1 Å². The molecule has 1 atom stereocenters. The first-order valence-corrected chi connectivity index (χ1v) is 8.26. The van der Waals surface area contributed by atoms with Crippen LogP contribution in [0.15, 0.2) is 36.4 Å². The highest BCUT2D eigenvalue weighted by molar-refractivity contribution is 5.98. The maximum atomic E-state index is 12.8. The second kappa shape index (κ2) is 7.82. The molecule has 0 saturated carbocycles. The van der Waals surface area contributed by atoms with Crippen molar-refractivity contribution in [1.29, 1.82) is 0 Å². The zero-order valence-electron chi connectivity index (χ0n) is 15.4. The van der Waals surface area contributed by atoms with Crippen LogP contribution in [-0.2, 0) is 15.7 Å². The minimum Gasteiger partial charge on any atom is -0.449 e. The summed E-state index contributed by atoms with van der Waals surface area (Å²) in [5, 5.41) is 2.70. The second-order valence-corrected chi connectivity index (χ2v) is 6.39. The van der Waals surface area contributed by atoms with Crippen molar-refractivity contribution in [3.05, 3.63) is 64.2 Å². The first-order chi connectivity index (χ1) is 12.5. The van der Waals surface area contributed by atoms with E-state index in [2.05, 4.69) is 5.32 Å². The number of halogens is 3. The molecule has 0 radical (unpaired) electrons. The van der Waals surface area contributed by atoms with Crippen LogP contribution in [0.3, 0.4) is 0 Å². The summed E-state index contributed by atoms with van der Waals surface area (Å²) in [6.45, 7) is 6.98. The smallest absolute Gasteiger partial charge is 0.416 e. The zero-order chi connectivity index (χ0) is 20.4. The number of carbonyl (C=O) groups is 2. The zero-order valence-corrected chi connectivity index (χ0v) is 15.4. The van der Waals surface area contributed by atoms with Crippen molar-refractivity contribution in [3.8, 4) is 0 Å². The molecule has 1 N–H and O–H groups in total. The molecule has 2 aromatic rings. The van der Waals surface area contributed by atoms with Crippen molar-refractivity contribution in [1.82, 2.24) is 0 Å². The van der Waals surface area contributed by atoms with E-state index in [1.54, 1.807) is 0 Å². The quantitative estimate of drug-likeness (QED) is 0.776. The number of alkyl halides is 3. The molecule has 0 aliphatic rings. The van der Waals surface area contributed by atoms with Crippen molar-refractivity contribution in [2.24, 2.45) is 0 Å². The molecule has 0 bridgehead atoms. The van der Waals surface area contributed by atoms with Gasteiger partial charge in [-0.15, -0.1) is 0 Å². The summed E-state index contributed by atoms with van der Waals surface area (Å²) in [5.41, 5.74) is 2.15. The van der Waals surface area contributed by atoms with Crippen molar-refractivity contribution >= 4 is 17.6 Å². The summed E-state index contributed by atoms with van der Waals surface area (Å²) in [7, 11) is 0. The van der Waals surface area contributed by atoms with E-state index in [9.17, 15) is 22.8 Å². The largest absolute Gasteiger partial charge is 0.449 e. The van der Waals surface area contributed by atoms with E-state index in [0.717, 1.165) is 28.8 Å². The SMILES string of the molecule is Cc1cc(C)c(NC(=O)C(C)OC(=O)c2cccc(C(F)(F)F)c2)c(C)c1. The van der Waals surface area contributed by atoms with Gasteiger partial charge in [0.15, 0.2) is 6.10 Å². The predicted molar refractivity (Wildman–Crippen MR) is 95.6 cm³/mol. The van der Waals surface area contributed by atoms with Crippen LogP contribution in [0.4, 0.5) is 18.9 Å². The molecule has 0 aliphatic heterocycles. The van der Waals surface area contributed by atoms with E-state index in [1.165, 1.54) is 13.0 Å². The third kappa shape index (κ3) is 5.09. The fraction of sp³-hybridized carbons (Fsp3) is 0.300. The number of hydrogen-bond acceptors (Lipinski definition) is 3. The van der Waals surface area contributed by atoms with Gasteiger partial charge in [0, 0.05) is 5.69 Å². The van der Waals surface area contributed by atoms with E-state index in [4.69, 9.17) is 4.74 Å². The Bertz CT molecular complexity index is 852. The van der Waals surface area contributed by atoms with Crippen LogP contribution in [-0.4, -0.2) is 18.0 Å². The normalized spacial score (nSPS) is 12.4. The van der Waals surface area contributed by atoms with Crippen molar-refractivity contribution in [2.75, 3.05) is 5.32 Å². The Kier molecular flexibility index (Phi) is 5.93. The summed E-state index contributed by atoms with van der Waals surface area (Å²) in [6.07, 6.45) is -5.74. The Hall–Kier alpha value is -2.83. The second-order valence-electron chi connectivity index (χ2n) is 6.39. The highest BCUT2D eigenvalue weighted by Gasteiger charge is 2.31. The third-order valence-corrected chi connectivity index (χ3v) is 4.00. The van der Waals surface area contributed by atoms with Gasteiger partial charge in [-0.05, 0) is 57.0 Å². The summed E-state index contributed by atoms with van der Waals surface area (Å²) >= 11 is 0. The van der Waals surface area contributed by atoms with Gasteiger partial charge in [0.05, 0.1) is 11.1 Å². The molecular weight excluding hydrogens is 359 g/mol. The molecule has 144 valence electrons. The van der Waals surface area contributed by atoms with Gasteiger partial charge in [-0.25, -0.2) is 4.79 Å². The van der Waals surface area contributed by atoms with Gasteiger partial charge in [-0.3, -0.25) is 4.79 Å². The minimum atomic E-state index is -4.57. The van der Waals surface area contributed by atoms with Gasteiger partial charge in [-0.2, -0.15) is 13.2 Å². The summed E-state index contributed by atoms with van der Waals surface area (Å²) in [6, 6.07) is 7.68. The fourth-order valence-corrected chi connectivity index (χ4v) is 2.71. The number of hydrogen-bond donors (Lipinski definition) is 1. The summed E-state index contributed by atoms with van der Waals surface area (Å²) in [4.78, 5) is 24.4. The Morgan fingerprint density at radius 1 is 1.04 bits per heavy atom. The lowest BCUT2D eigenvalue weighted by atomic mass is 10.0. The molecule has 2 aromatic carbocycles. The van der Waals surface area contributed by atoms with Crippen LogP contribution in [0.5, 0.6) is 0 Å². The molecule has 0 aromatic heterocycles. The molecule has 2 rings (SSSR count). The van der Waals surface area contributed by atoms with Gasteiger partial charge in [0.25, 0.3) is 5.91 Å². The highest BCUT2D eigenvalue weighted by Crippen LogP contribution is 2.29. The average molecular weight is 379 g/mol. The molecule has 4 nitrogen and oxygen atoms in total. The number of ether oxygens (including phenoxy) is 1. The lowest BCUT2D eigenvalue weighted by molar-refractivity contribution is -0.137. The number of anilines is 1. The van der Waals surface area contributed by atoms with Crippen LogP contribution < -0.4 is 5.32 Å². The van der Waals surface area contributed by atoms with Gasteiger partial charge in [0.1, 0.15) is 0 Å². The number of rotatable bonds is 4. The number of amides is 1. The van der Waals surface area contributed by atoms with Gasteiger partial charge in [0.2, 0.25) is 0 Å². The molecule has 7 heteroatoms. The van der Waals surface area contributed by atoms with Crippen LogP contribution in [0.1, 0.15) is 39.5 Å². The lowest BCUT2D eigenvalue weighted by Crippen LogP contribution is -2.30. The molecule has 1 amide bonds. The molecule has 27 heavy (non-hydrogen) atoms. The van der Waals surface area contributed by atoms with Crippen molar-refractivity contribution < 1.29 is 27.5 Å². The molecule has 0 heterocycles. The Morgan fingerprint density at radius 3 is 2.19 bits per heavy atom. The van der Waals surface area contributed by atoms with E-state index in [0.29, 0.717) is 11.8 Å². The van der Waals surface area contributed by atoms with Crippen LogP contribution >= 0.6 is 0 Å². The number of aryl methyl sites for hydroxylation is 3. The van der Waals surface area contributed by atoms with Crippen LogP contribution in [0.25, 0.3) is 0 Å². The maximum Gasteiger partial charge on any atom is 0.416 e. The standard InChI is InChI=1S/C20H20F3NO3/c1-11-8-12(2)17(13(3)9-11)24-18(25)14(4)27-19(26)15-6-5-7-16(10-15)20(21,22)23/h5-10,14H,1-4H3,(H,24,25). The minimum absolute atomic E-state index is 0.271. The van der Waals surface area contributed by atoms with Gasteiger partial charge < -0.3 is 10.1 Å². The average Bonchev–Trinajstić information content (AvgIpc) is 2.57. The Labute approximate surface area is 155 Å². The monoisotopic (exact) mass is 379 g/mol. The Morgan fingerprint density at radius 2 is 1.63 bits per heavy atom.